The quantitative estimate of drug-likeness (QED) is 0.598. The van der Waals surface area contributed by atoms with Gasteiger partial charge in [-0.2, -0.15) is 4.39 Å². The molecule has 1 fully saturated rings. The summed E-state index contributed by atoms with van der Waals surface area (Å²) < 4.78 is 33.5. The Hall–Kier alpha value is -1.90. The van der Waals surface area contributed by atoms with E-state index in [2.05, 4.69) is 26.0 Å². The van der Waals surface area contributed by atoms with Gasteiger partial charge in [-0.15, -0.1) is 0 Å². The van der Waals surface area contributed by atoms with Crippen LogP contribution in [0.1, 0.15) is 57.9 Å². The van der Waals surface area contributed by atoms with E-state index in [-0.39, 0.29) is 11.3 Å². The molecule has 0 bridgehead atoms. The first-order valence-electron chi connectivity index (χ1n) is 9.12. The first-order chi connectivity index (χ1) is 11.9. The lowest BCUT2D eigenvalue weighted by Crippen LogP contribution is -2.20. The van der Waals surface area contributed by atoms with Crippen LogP contribution in [0, 0.1) is 17.0 Å². The van der Waals surface area contributed by atoms with Gasteiger partial charge in [-0.05, 0) is 67.2 Å². The maximum Gasteiger partial charge on any atom is 0.201 e. The van der Waals surface area contributed by atoms with Crippen LogP contribution in [0.5, 0.6) is 5.75 Å². The van der Waals surface area contributed by atoms with Crippen LogP contribution in [0.15, 0.2) is 36.4 Å². The highest BCUT2D eigenvalue weighted by atomic mass is 19.2. The number of halogens is 2. The van der Waals surface area contributed by atoms with Gasteiger partial charge in [0.15, 0.2) is 11.6 Å². The van der Waals surface area contributed by atoms with E-state index in [0.29, 0.717) is 23.5 Å². The van der Waals surface area contributed by atoms with E-state index in [1.54, 1.807) is 13.0 Å². The molecule has 1 aliphatic carbocycles. The van der Waals surface area contributed by atoms with Gasteiger partial charge >= 0.3 is 0 Å². The maximum atomic E-state index is 14.4. The minimum absolute atomic E-state index is 0.0369. The number of hydrogen-bond donors (Lipinski definition) is 0. The van der Waals surface area contributed by atoms with E-state index in [4.69, 9.17) is 4.74 Å². The van der Waals surface area contributed by atoms with Gasteiger partial charge in [-0.1, -0.05) is 38.1 Å². The Morgan fingerprint density at radius 3 is 2.20 bits per heavy atom. The second kappa shape index (κ2) is 7.15. The summed E-state index contributed by atoms with van der Waals surface area (Å²) in [4.78, 5) is 0. The van der Waals surface area contributed by atoms with Gasteiger partial charge < -0.3 is 4.74 Å². The van der Waals surface area contributed by atoms with Crippen LogP contribution in [-0.4, -0.2) is 6.61 Å². The molecule has 0 aromatic heterocycles. The van der Waals surface area contributed by atoms with Crippen LogP contribution < -0.4 is 4.74 Å². The summed E-state index contributed by atoms with van der Waals surface area (Å²) in [5, 5.41) is 0. The second-order valence-electron chi connectivity index (χ2n) is 7.73. The molecular formula is C22H26F2O. The lowest BCUT2D eigenvalue weighted by molar-refractivity contribution is 0.224. The van der Waals surface area contributed by atoms with Crippen molar-refractivity contribution >= 4 is 0 Å². The minimum Gasteiger partial charge on any atom is -0.491 e. The van der Waals surface area contributed by atoms with Crippen LogP contribution in [0.3, 0.4) is 0 Å². The summed E-state index contributed by atoms with van der Waals surface area (Å²) in [5.74, 6) is -1.23. The van der Waals surface area contributed by atoms with Crippen LogP contribution in [0.25, 0.3) is 11.1 Å². The normalized spacial score (nSPS) is 17.5. The lowest BCUT2D eigenvalue weighted by atomic mass is 9.71. The lowest BCUT2D eigenvalue weighted by Gasteiger charge is -2.34. The smallest absolute Gasteiger partial charge is 0.201 e. The number of rotatable bonds is 4. The van der Waals surface area contributed by atoms with Crippen LogP contribution >= 0.6 is 0 Å². The Morgan fingerprint density at radius 2 is 1.60 bits per heavy atom. The molecule has 0 saturated heterocycles. The molecule has 25 heavy (non-hydrogen) atoms. The molecule has 0 radical (unpaired) electrons. The first-order valence-corrected chi connectivity index (χ1v) is 9.12. The highest BCUT2D eigenvalue weighted by molar-refractivity contribution is 5.65. The summed E-state index contributed by atoms with van der Waals surface area (Å²) >= 11 is 0. The van der Waals surface area contributed by atoms with Crippen molar-refractivity contribution in [3.8, 4) is 16.9 Å². The van der Waals surface area contributed by atoms with E-state index in [1.165, 1.54) is 37.3 Å². The molecule has 0 amide bonds. The minimum atomic E-state index is -0.919. The third kappa shape index (κ3) is 3.86. The highest BCUT2D eigenvalue weighted by Gasteiger charge is 2.27. The van der Waals surface area contributed by atoms with Gasteiger partial charge in [-0.3, -0.25) is 0 Å². The molecule has 1 saturated carbocycles. The summed E-state index contributed by atoms with van der Waals surface area (Å²) in [6, 6.07) is 11.0. The van der Waals surface area contributed by atoms with Gasteiger partial charge in [0, 0.05) is 5.56 Å². The van der Waals surface area contributed by atoms with Gasteiger partial charge in [0.2, 0.25) is 5.82 Å². The number of hydrogen-bond acceptors (Lipinski definition) is 1. The highest BCUT2D eigenvalue weighted by Crippen LogP contribution is 2.42. The zero-order valence-electron chi connectivity index (χ0n) is 15.2. The van der Waals surface area contributed by atoms with Crippen molar-refractivity contribution < 1.29 is 13.5 Å². The van der Waals surface area contributed by atoms with E-state index in [0.717, 1.165) is 0 Å². The summed E-state index contributed by atoms with van der Waals surface area (Å²) in [6.07, 6.45) is 4.85. The molecule has 1 aliphatic rings. The Labute approximate surface area is 149 Å². The predicted molar refractivity (Wildman–Crippen MR) is 98.0 cm³/mol. The molecule has 2 aromatic rings. The van der Waals surface area contributed by atoms with Gasteiger partial charge in [0.05, 0.1) is 6.61 Å². The summed E-state index contributed by atoms with van der Waals surface area (Å²) in [7, 11) is 0. The van der Waals surface area contributed by atoms with Crippen molar-refractivity contribution in [3.05, 3.63) is 53.6 Å². The molecule has 3 rings (SSSR count). The number of benzene rings is 2. The average Bonchev–Trinajstić information content (AvgIpc) is 2.60. The zero-order valence-corrected chi connectivity index (χ0v) is 15.2. The van der Waals surface area contributed by atoms with E-state index in [9.17, 15) is 8.78 Å². The molecule has 0 N–H and O–H groups in total. The van der Waals surface area contributed by atoms with Gasteiger partial charge in [-0.25, -0.2) is 4.39 Å². The molecular weight excluding hydrogens is 318 g/mol. The third-order valence-electron chi connectivity index (χ3n) is 5.38. The van der Waals surface area contributed by atoms with Gasteiger partial charge in [0.25, 0.3) is 0 Å². The fraction of sp³-hybridized carbons (Fsp3) is 0.455. The number of ether oxygens (including phenoxy) is 1. The summed E-state index contributed by atoms with van der Waals surface area (Å²) in [6.45, 7) is 6.71. The third-order valence-corrected chi connectivity index (χ3v) is 5.38. The standard InChI is InChI=1S/C22H26F2O/c1-4-25-19-10-9-18(20(23)21(19)24)17-7-5-15(6-8-17)16-11-13-22(2,3)14-12-16/h5-10,16H,4,11-14H2,1-3H3. The molecule has 0 heterocycles. The van der Waals surface area contributed by atoms with Crippen LogP contribution in [-0.2, 0) is 0 Å². The second-order valence-corrected chi connectivity index (χ2v) is 7.73. The monoisotopic (exact) mass is 344 g/mol. The fourth-order valence-corrected chi connectivity index (χ4v) is 3.69. The van der Waals surface area contributed by atoms with Crippen molar-refractivity contribution in [2.75, 3.05) is 6.61 Å². The molecule has 3 heteroatoms. The molecule has 1 nitrogen and oxygen atoms in total. The van der Waals surface area contributed by atoms with Gasteiger partial charge in [0.1, 0.15) is 0 Å². The molecule has 0 unspecified atom stereocenters. The molecule has 0 spiro atoms. The van der Waals surface area contributed by atoms with E-state index >= 15 is 0 Å². The van der Waals surface area contributed by atoms with Crippen LogP contribution in [0.4, 0.5) is 8.78 Å². The largest absolute Gasteiger partial charge is 0.491 e. The topological polar surface area (TPSA) is 9.23 Å². The Balaban J connectivity index is 1.80. The first kappa shape index (κ1) is 17.9. The van der Waals surface area contributed by atoms with Crippen molar-refractivity contribution in [1.82, 2.24) is 0 Å². The average molecular weight is 344 g/mol. The zero-order chi connectivity index (χ0) is 18.0. The fourth-order valence-electron chi connectivity index (χ4n) is 3.69. The van der Waals surface area contributed by atoms with Crippen molar-refractivity contribution in [2.24, 2.45) is 5.41 Å². The molecule has 2 aromatic carbocycles. The van der Waals surface area contributed by atoms with Crippen molar-refractivity contribution in [3.63, 3.8) is 0 Å². The maximum absolute atomic E-state index is 14.4. The Kier molecular flexibility index (Phi) is 5.12. The molecule has 0 atom stereocenters. The molecule has 0 aliphatic heterocycles. The Morgan fingerprint density at radius 1 is 0.960 bits per heavy atom. The summed E-state index contributed by atoms with van der Waals surface area (Å²) in [5.41, 5.74) is 2.71. The van der Waals surface area contributed by atoms with Crippen LogP contribution in [0.2, 0.25) is 0 Å². The predicted octanol–water partition coefficient (Wildman–Crippen LogP) is 6.71. The molecule has 134 valence electrons. The SMILES string of the molecule is CCOc1ccc(-c2ccc(C3CCC(C)(C)CC3)cc2)c(F)c1F. The van der Waals surface area contributed by atoms with Crippen molar-refractivity contribution in [1.29, 1.82) is 0 Å². The van der Waals surface area contributed by atoms with E-state index in [1.807, 2.05) is 12.1 Å². The van der Waals surface area contributed by atoms with Crippen molar-refractivity contribution in [2.45, 2.75) is 52.4 Å². The van der Waals surface area contributed by atoms with E-state index < -0.39 is 11.6 Å². The Bertz CT molecular complexity index is 724.